The van der Waals surface area contributed by atoms with Gasteiger partial charge in [-0.25, -0.2) is 54.5 Å². The predicted octanol–water partition coefficient (Wildman–Crippen LogP) is 6.70. The fourth-order valence-electron chi connectivity index (χ4n) is 12.4. The van der Waals surface area contributed by atoms with Crippen LogP contribution in [-0.4, -0.2) is 157 Å². The van der Waals surface area contributed by atoms with E-state index < -0.39 is 95.3 Å². The number of aliphatic hydroxyl groups is 5. The molecule has 3 saturated carbocycles. The summed E-state index contributed by atoms with van der Waals surface area (Å²) in [4.78, 5) is 71.1. The minimum absolute atomic E-state index is 0.00855. The number of aliphatic hydroxyl groups excluding tert-OH is 4. The van der Waals surface area contributed by atoms with Gasteiger partial charge in [-0.3, -0.25) is 26.9 Å². The molecule has 13 N–H and O–H groups in total. The van der Waals surface area contributed by atoms with Crippen molar-refractivity contribution in [2.75, 3.05) is 30.5 Å². The van der Waals surface area contributed by atoms with E-state index >= 15 is 0 Å². The van der Waals surface area contributed by atoms with E-state index in [1.165, 1.54) is 61.2 Å². The molecule has 3 aliphatic carbocycles. The maximum Gasteiger partial charge on any atom is 0.333 e. The number of hydrogen-bond donors (Lipinski definition) is 10. The molecule has 12 atom stereocenters. The lowest BCUT2D eigenvalue weighted by molar-refractivity contribution is 0.0997. The van der Waals surface area contributed by atoms with Crippen molar-refractivity contribution < 1.29 is 86.3 Å². The molecule has 9 aromatic rings. The van der Waals surface area contributed by atoms with E-state index in [-0.39, 0.29) is 88.6 Å². The highest BCUT2D eigenvalue weighted by Crippen LogP contribution is 2.39. The molecule has 0 radical (unpaired) electrons. The molecule has 40 heteroatoms. The number of anilines is 2. The zero-order chi connectivity index (χ0) is 77.3. The van der Waals surface area contributed by atoms with E-state index in [2.05, 4.69) is 58.1 Å². The maximum absolute atomic E-state index is 13.4. The highest BCUT2D eigenvalue weighted by atomic mass is 35.5. The normalized spacial score (nSPS) is 21.3. The number of nitrogens with zero attached hydrogens (tertiary/aromatic N) is 7. The van der Waals surface area contributed by atoms with Crippen LogP contribution in [0.2, 0.25) is 15.2 Å². The lowest BCUT2D eigenvalue weighted by Crippen LogP contribution is -2.24. The van der Waals surface area contributed by atoms with E-state index in [4.69, 9.17) is 54.6 Å². The van der Waals surface area contributed by atoms with Crippen molar-refractivity contribution in [1.29, 1.82) is 0 Å². The van der Waals surface area contributed by atoms with Crippen LogP contribution in [0.3, 0.4) is 0 Å². The second kappa shape index (κ2) is 35.5. The number of furan rings is 1. The van der Waals surface area contributed by atoms with Crippen LogP contribution in [-0.2, 0) is 66.3 Å². The summed E-state index contributed by atoms with van der Waals surface area (Å²) in [5, 5.41) is 76.4. The molecule has 3 fully saturated rings. The average Bonchev–Trinajstić information content (AvgIpc) is 1.71. The summed E-state index contributed by atoms with van der Waals surface area (Å²) < 4.78 is 98.8. The average molecular weight is 1650 g/mol. The molecule has 0 aliphatic heterocycles. The van der Waals surface area contributed by atoms with Crippen LogP contribution in [0.5, 0.6) is 0 Å². The number of nitrogens with two attached hydrogens (primary N) is 3. The summed E-state index contributed by atoms with van der Waals surface area (Å²) in [6, 6.07) is 22.5. The molecule has 2 aromatic carbocycles. The Bertz CT molecular complexity index is 5080. The Morgan fingerprint density at radius 3 is 1.74 bits per heavy atom. The number of halogens is 3. The van der Waals surface area contributed by atoms with E-state index in [1.54, 1.807) is 98.1 Å². The Morgan fingerprint density at radius 2 is 1.18 bits per heavy atom. The van der Waals surface area contributed by atoms with Gasteiger partial charge in [0.2, 0.25) is 17.3 Å². The zero-order valence-corrected chi connectivity index (χ0v) is 63.6. The third-order valence-corrected chi connectivity index (χ3v) is 23.5. The van der Waals surface area contributed by atoms with Gasteiger partial charge >= 0.3 is 30.9 Å². The molecule has 0 bridgehead atoms. The van der Waals surface area contributed by atoms with Crippen molar-refractivity contribution in [2.45, 2.75) is 111 Å². The SMILES string of the molecule is CC(O)(c1cccc(Cl)c1)c1coc(C(=O)c2cncnc2C[C@@H]2C[C@H](COS(N)(=O)=O)[C@@H](O)C2)c1.Cc1sc(C(=O)c2cncnc2N[C@@H]2C[C@H](COS(N)(=O)=O)[C@@H](O)C2)cc1S(=O)c1cccc(Cl)c1.NS(=O)(=O)OC[C@H]1C[C@@H](Nc2ncncc2C(=O)c2cc(C(O)c3cccc(Cl)n3)cs2)C[C@@H]1O. The Kier molecular flexibility index (Phi) is 27.2. The van der Waals surface area contributed by atoms with Gasteiger partial charge in [-0.1, -0.05) is 59.1 Å². The molecule has 0 amide bonds. The third-order valence-electron chi connectivity index (χ3n) is 17.8. The first-order chi connectivity index (χ1) is 50.6. The van der Waals surface area contributed by atoms with Crippen LogP contribution in [0.4, 0.5) is 11.6 Å². The first-order valence-corrected chi connectivity index (χ1v) is 40.8. The molecule has 0 spiro atoms. The number of thiophene rings is 2. The number of carbonyl (C=O) groups is 3. The zero-order valence-electron chi connectivity index (χ0n) is 56.4. The quantitative estimate of drug-likeness (QED) is 0.0189. The molecule has 31 nitrogen and oxygen atoms in total. The Labute approximate surface area is 639 Å². The minimum Gasteiger partial charge on any atom is -0.460 e. The maximum atomic E-state index is 13.4. The number of ketones is 3. The number of aryl methyl sites for hydroxylation is 1. The first-order valence-electron chi connectivity index (χ1n) is 32.4. The molecule has 107 heavy (non-hydrogen) atoms. The molecule has 0 saturated heterocycles. The van der Waals surface area contributed by atoms with Gasteiger partial charge in [-0.2, -0.15) is 25.3 Å². The predicted molar refractivity (Wildman–Crippen MR) is 393 cm³/mol. The van der Waals surface area contributed by atoms with Crippen molar-refractivity contribution in [3.8, 4) is 0 Å². The van der Waals surface area contributed by atoms with Gasteiger partial charge < -0.3 is 40.6 Å². The molecule has 3 aliphatic rings. The number of nitrogens with one attached hydrogen (secondary N) is 2. The third kappa shape index (κ3) is 22.2. The van der Waals surface area contributed by atoms with Gasteiger partial charge in [0.1, 0.15) is 47.5 Å². The Balaban J connectivity index is 0.000000172. The van der Waals surface area contributed by atoms with Gasteiger partial charge in [0.25, 0.3) is 0 Å². The first kappa shape index (κ1) is 82.1. The lowest BCUT2D eigenvalue weighted by atomic mass is 9.89. The van der Waals surface area contributed by atoms with Gasteiger partial charge in [0, 0.05) is 73.8 Å². The molecule has 7 aromatic heterocycles. The summed E-state index contributed by atoms with van der Waals surface area (Å²) in [6.07, 6.45) is 8.59. The van der Waals surface area contributed by atoms with Crippen molar-refractivity contribution in [3.05, 3.63) is 215 Å². The summed E-state index contributed by atoms with van der Waals surface area (Å²) in [5.74, 6) is -1.94. The Hall–Kier alpha value is -7.45. The summed E-state index contributed by atoms with van der Waals surface area (Å²) in [7, 11) is -13.8. The molecule has 12 rings (SSSR count). The van der Waals surface area contributed by atoms with Crippen LogP contribution in [0, 0.1) is 30.6 Å². The topological polar surface area (TPSA) is 505 Å². The highest BCUT2D eigenvalue weighted by molar-refractivity contribution is 7.85. The largest absolute Gasteiger partial charge is 0.460 e. The van der Waals surface area contributed by atoms with Crippen molar-refractivity contribution in [1.82, 2.24) is 34.9 Å². The number of benzene rings is 2. The lowest BCUT2D eigenvalue weighted by Gasteiger charge is -2.22. The van der Waals surface area contributed by atoms with Crippen molar-refractivity contribution in [2.24, 2.45) is 39.1 Å². The minimum atomic E-state index is -4.11. The standard InChI is InChI=1S/C24H26ClN3O7S.C22H23ClN4O6S3.C21H22ClN5O6S2/c1-24(31,16-3-2-4-18(25)8-16)17-9-22(34-12-17)23(30)19-10-27-13-28-20(19)6-14-5-15(21(29)7-14)11-35-36(26,32)33;1-12-20(35(30)16-4-2-3-14(23)6-16)8-19(34-12)21(29)17-9-25-11-26-22(17)27-15-5-13(18(28)7-15)10-33-36(24,31)32;22-18-3-1-2-15(27-18)19(29)12-5-17(34-9-12)20(30)14-7-24-10-25-21(14)26-13-4-11(16(28)6-13)8-33-35(23,31)32/h2-4,8-10,12-15,21,29,31H,5-7,11H2,1H3,(H2,26,32,33);2-4,6,8-9,11,13,15,18,28H,5,7,10H2,1H3,(H2,24,31,32)(H,25,26,27);1-3,5,7,9-11,13,16,19,28-29H,4,6,8H2,(H2,23,31,32)(H,24,25,26)/t14-,15+,21-,24?;13-,15-,18+,35?;11-,13-,16+,19?/m011/s1. The second-order valence-electron chi connectivity index (χ2n) is 25.5. The van der Waals surface area contributed by atoms with Crippen LogP contribution in [0.15, 0.2) is 148 Å². The van der Waals surface area contributed by atoms with Gasteiger partial charge in [0.15, 0.2) is 5.76 Å². The highest BCUT2D eigenvalue weighted by Gasteiger charge is 2.39. The summed E-state index contributed by atoms with van der Waals surface area (Å²) in [6.45, 7) is 2.68. The van der Waals surface area contributed by atoms with E-state index in [9.17, 15) is 69.4 Å². The van der Waals surface area contributed by atoms with Crippen LogP contribution < -0.4 is 26.1 Å². The van der Waals surface area contributed by atoms with Gasteiger partial charge in [0.05, 0.1) is 97.9 Å². The molecule has 3 unspecified atom stereocenters. The van der Waals surface area contributed by atoms with Crippen LogP contribution >= 0.6 is 57.5 Å². The van der Waals surface area contributed by atoms with Gasteiger partial charge in [-0.05, 0) is 142 Å². The van der Waals surface area contributed by atoms with Crippen LogP contribution in [0.1, 0.15) is 131 Å². The summed E-state index contributed by atoms with van der Waals surface area (Å²) in [5.41, 5.74) is 1.47. The number of hydrogen-bond acceptors (Lipinski definition) is 30. The molecule has 7 heterocycles. The van der Waals surface area contributed by atoms with E-state index in [0.29, 0.717) is 103 Å². The number of aromatic nitrogens is 7. The fourth-order valence-corrected chi connectivity index (χ4v) is 17.5. The fraction of sp³-hybridized carbons (Fsp3) is 0.343. The van der Waals surface area contributed by atoms with E-state index in [1.807, 2.05) is 0 Å². The van der Waals surface area contributed by atoms with Crippen molar-refractivity contribution >= 4 is 128 Å². The van der Waals surface area contributed by atoms with E-state index in [0.717, 1.165) is 16.2 Å². The van der Waals surface area contributed by atoms with Crippen LogP contribution in [0.25, 0.3) is 0 Å². The monoisotopic (exact) mass is 1640 g/mol. The van der Waals surface area contributed by atoms with Gasteiger partial charge in [-0.15, -0.1) is 22.7 Å². The Morgan fingerprint density at radius 1 is 0.654 bits per heavy atom. The molecular weight excluding hydrogens is 1580 g/mol. The number of rotatable bonds is 27. The molecule has 570 valence electrons. The smallest absolute Gasteiger partial charge is 0.333 e. The molecular formula is C67H71Cl3N12O19S6. The second-order valence-corrected chi connectivity index (χ2v) is 34.0. The number of pyridine rings is 1. The summed E-state index contributed by atoms with van der Waals surface area (Å²) >= 11 is 20.4. The number of carbonyl (C=O) groups excluding carboxylic acids is 3. The van der Waals surface area contributed by atoms with Crippen molar-refractivity contribution in [3.63, 3.8) is 0 Å².